The van der Waals surface area contributed by atoms with Crippen LogP contribution in [0.15, 0.2) is 48.9 Å². The number of pyridine rings is 2. The Morgan fingerprint density at radius 3 is 2.94 bits per heavy atom. The smallest absolute Gasteiger partial charge is 0.137 e. The molecule has 2 aliphatic rings. The van der Waals surface area contributed by atoms with Crippen molar-refractivity contribution in [1.29, 1.82) is 0 Å². The Morgan fingerprint density at radius 1 is 1.15 bits per heavy atom. The molecule has 1 saturated heterocycles. The molecule has 1 atom stereocenters. The number of nitrogens with zero attached hydrogens (tertiary/aromatic N) is 3. The van der Waals surface area contributed by atoms with Gasteiger partial charge in [-0.15, -0.1) is 0 Å². The number of aromatic amines is 1. The molecule has 34 heavy (non-hydrogen) atoms. The van der Waals surface area contributed by atoms with Crippen molar-refractivity contribution >= 4 is 16.7 Å². The summed E-state index contributed by atoms with van der Waals surface area (Å²) in [7, 11) is 1.72. The van der Waals surface area contributed by atoms with E-state index in [1.54, 1.807) is 7.11 Å². The molecule has 5 heterocycles. The molecule has 1 unspecified atom stereocenters. The number of H-pyrrole nitrogens is 1. The van der Waals surface area contributed by atoms with E-state index in [0.717, 1.165) is 37.4 Å². The van der Waals surface area contributed by atoms with E-state index in [-0.39, 0.29) is 0 Å². The van der Waals surface area contributed by atoms with Crippen LogP contribution in [0.3, 0.4) is 0 Å². The van der Waals surface area contributed by atoms with E-state index in [0.29, 0.717) is 12.6 Å². The molecule has 3 aromatic heterocycles. The summed E-state index contributed by atoms with van der Waals surface area (Å²) in [5.41, 5.74) is 11.3. The van der Waals surface area contributed by atoms with Crippen LogP contribution in [0.5, 0.6) is 0 Å². The van der Waals surface area contributed by atoms with Gasteiger partial charge in [0.25, 0.3) is 0 Å². The Labute approximate surface area is 200 Å². The van der Waals surface area contributed by atoms with Gasteiger partial charge in [0.1, 0.15) is 5.65 Å². The van der Waals surface area contributed by atoms with Gasteiger partial charge in [-0.25, -0.2) is 4.98 Å². The SMILES string of the molecule is COCc1cc(N2CCc3cc(-c4cnc5[nH]cc(C)c5c4)cc(C4CCCN4)c3C2)ccn1. The highest BCUT2D eigenvalue weighted by Crippen LogP contribution is 2.37. The molecule has 0 aliphatic carbocycles. The predicted octanol–water partition coefficient (Wildman–Crippen LogP) is 5.07. The largest absolute Gasteiger partial charge is 0.378 e. The molecular formula is C28H31N5O. The van der Waals surface area contributed by atoms with Gasteiger partial charge in [-0.2, -0.15) is 0 Å². The van der Waals surface area contributed by atoms with Gasteiger partial charge >= 0.3 is 0 Å². The first-order valence-electron chi connectivity index (χ1n) is 12.2. The molecule has 0 saturated carbocycles. The van der Waals surface area contributed by atoms with Crippen molar-refractivity contribution in [3.8, 4) is 11.1 Å². The van der Waals surface area contributed by atoms with Crippen molar-refractivity contribution < 1.29 is 4.74 Å². The van der Waals surface area contributed by atoms with Crippen molar-refractivity contribution in [1.82, 2.24) is 20.3 Å². The third kappa shape index (κ3) is 3.87. The highest BCUT2D eigenvalue weighted by Gasteiger charge is 2.26. The van der Waals surface area contributed by atoms with Crippen LogP contribution in [0.1, 0.15) is 46.8 Å². The van der Waals surface area contributed by atoms with Crippen LogP contribution in [0.4, 0.5) is 5.69 Å². The molecule has 6 rings (SSSR count). The van der Waals surface area contributed by atoms with Crippen molar-refractivity contribution in [3.63, 3.8) is 0 Å². The van der Waals surface area contributed by atoms with E-state index in [1.807, 2.05) is 18.6 Å². The van der Waals surface area contributed by atoms with Gasteiger partial charge in [0.05, 0.1) is 12.3 Å². The van der Waals surface area contributed by atoms with E-state index >= 15 is 0 Å². The maximum Gasteiger partial charge on any atom is 0.137 e. The summed E-state index contributed by atoms with van der Waals surface area (Å²) in [5, 5.41) is 4.95. The van der Waals surface area contributed by atoms with Gasteiger partial charge in [-0.1, -0.05) is 6.07 Å². The molecule has 0 bridgehead atoms. The van der Waals surface area contributed by atoms with Crippen LogP contribution in [-0.2, 0) is 24.3 Å². The summed E-state index contributed by atoms with van der Waals surface area (Å²) in [6.45, 7) is 5.69. The molecular weight excluding hydrogens is 422 g/mol. The Hall–Kier alpha value is -3.22. The lowest BCUT2D eigenvalue weighted by molar-refractivity contribution is 0.181. The fourth-order valence-electron chi connectivity index (χ4n) is 5.53. The van der Waals surface area contributed by atoms with Crippen molar-refractivity contribution in [2.45, 2.75) is 45.4 Å². The molecule has 174 valence electrons. The van der Waals surface area contributed by atoms with Crippen molar-refractivity contribution in [2.24, 2.45) is 0 Å². The second kappa shape index (κ2) is 8.85. The fourth-order valence-corrected chi connectivity index (χ4v) is 5.53. The van der Waals surface area contributed by atoms with Crippen LogP contribution < -0.4 is 10.2 Å². The van der Waals surface area contributed by atoms with Crippen LogP contribution >= 0.6 is 0 Å². The summed E-state index contributed by atoms with van der Waals surface area (Å²) in [6.07, 6.45) is 9.40. The zero-order valence-electron chi connectivity index (χ0n) is 19.9. The molecule has 0 radical (unpaired) electrons. The maximum absolute atomic E-state index is 5.30. The first-order valence-corrected chi connectivity index (χ1v) is 12.2. The Morgan fingerprint density at radius 2 is 2.09 bits per heavy atom. The molecule has 2 aliphatic heterocycles. The van der Waals surface area contributed by atoms with Gasteiger partial charge in [-0.3, -0.25) is 4.98 Å². The summed E-state index contributed by atoms with van der Waals surface area (Å²) in [5.74, 6) is 0. The average Bonchev–Trinajstić information content (AvgIpc) is 3.54. The number of nitrogens with one attached hydrogen (secondary N) is 2. The number of hydrogen-bond donors (Lipinski definition) is 2. The van der Waals surface area contributed by atoms with Crippen LogP contribution in [0, 0.1) is 6.92 Å². The van der Waals surface area contributed by atoms with Gasteiger partial charge < -0.3 is 19.9 Å². The Kier molecular flexibility index (Phi) is 5.55. The number of fused-ring (bicyclic) bond motifs is 2. The second-order valence-corrected chi connectivity index (χ2v) is 9.55. The molecule has 6 nitrogen and oxygen atoms in total. The lowest BCUT2D eigenvalue weighted by Gasteiger charge is -2.34. The minimum atomic E-state index is 0.417. The zero-order chi connectivity index (χ0) is 23.1. The zero-order valence-corrected chi connectivity index (χ0v) is 19.9. The maximum atomic E-state index is 5.30. The monoisotopic (exact) mass is 453 g/mol. The lowest BCUT2D eigenvalue weighted by Crippen LogP contribution is -2.32. The van der Waals surface area contributed by atoms with Gasteiger partial charge in [0, 0.05) is 61.5 Å². The number of ether oxygens (including phenoxy) is 1. The minimum Gasteiger partial charge on any atom is -0.378 e. The number of aromatic nitrogens is 3. The van der Waals surface area contributed by atoms with Crippen LogP contribution in [0.2, 0.25) is 0 Å². The van der Waals surface area contributed by atoms with Crippen molar-refractivity contribution in [2.75, 3.05) is 25.1 Å². The Bertz CT molecular complexity index is 1340. The minimum absolute atomic E-state index is 0.417. The van der Waals surface area contributed by atoms with E-state index < -0.39 is 0 Å². The van der Waals surface area contributed by atoms with Gasteiger partial charge in [-0.05, 0) is 84.8 Å². The quantitative estimate of drug-likeness (QED) is 0.442. The highest BCUT2D eigenvalue weighted by molar-refractivity contribution is 5.84. The standard InChI is InChI=1S/C28H31N5O/c1-18-14-31-28-24(18)12-21(15-32-28)20-10-19-6-9-33(23-5-8-29-22(13-23)17-34-2)16-26(19)25(11-20)27-4-3-7-30-27/h5,8,10-15,27,30H,3-4,6-7,9,16-17H2,1-2H3,(H,31,32). The van der Waals surface area contributed by atoms with E-state index in [9.17, 15) is 0 Å². The highest BCUT2D eigenvalue weighted by atomic mass is 16.5. The molecule has 2 N–H and O–H groups in total. The number of benzene rings is 1. The molecule has 6 heteroatoms. The number of aryl methyl sites for hydroxylation is 1. The predicted molar refractivity (Wildman–Crippen MR) is 136 cm³/mol. The lowest BCUT2D eigenvalue weighted by atomic mass is 9.87. The number of rotatable bonds is 5. The summed E-state index contributed by atoms with van der Waals surface area (Å²) >= 11 is 0. The number of hydrogen-bond acceptors (Lipinski definition) is 5. The van der Waals surface area contributed by atoms with E-state index in [4.69, 9.17) is 9.72 Å². The third-order valence-corrected chi connectivity index (χ3v) is 7.34. The van der Waals surface area contributed by atoms with Crippen molar-refractivity contribution in [3.05, 3.63) is 76.9 Å². The number of methoxy groups -OCH3 is 1. The topological polar surface area (TPSA) is 66.1 Å². The summed E-state index contributed by atoms with van der Waals surface area (Å²) < 4.78 is 5.30. The fraction of sp³-hybridized carbons (Fsp3) is 0.357. The summed E-state index contributed by atoms with van der Waals surface area (Å²) in [4.78, 5) is 14.9. The number of anilines is 1. The Balaban J connectivity index is 1.40. The third-order valence-electron chi connectivity index (χ3n) is 7.34. The second-order valence-electron chi connectivity index (χ2n) is 9.55. The molecule has 4 aromatic rings. The first kappa shape index (κ1) is 21.3. The average molecular weight is 454 g/mol. The summed E-state index contributed by atoms with van der Waals surface area (Å²) in [6, 6.07) is 11.8. The molecule has 1 aromatic carbocycles. The molecule has 0 spiro atoms. The van der Waals surface area contributed by atoms with Crippen LogP contribution in [0.25, 0.3) is 22.2 Å². The molecule has 0 amide bonds. The van der Waals surface area contributed by atoms with E-state index in [2.05, 4.69) is 57.4 Å². The first-order chi connectivity index (χ1) is 16.7. The van der Waals surface area contributed by atoms with E-state index in [1.165, 1.54) is 57.3 Å². The van der Waals surface area contributed by atoms with Gasteiger partial charge in [0.15, 0.2) is 0 Å². The normalized spacial score (nSPS) is 17.9. The molecule has 1 fully saturated rings. The van der Waals surface area contributed by atoms with Crippen LogP contribution in [-0.4, -0.2) is 35.2 Å². The van der Waals surface area contributed by atoms with Gasteiger partial charge in [0.2, 0.25) is 0 Å².